The van der Waals surface area contributed by atoms with Gasteiger partial charge in [-0.3, -0.25) is 4.79 Å². The summed E-state index contributed by atoms with van der Waals surface area (Å²) >= 11 is 4.95. The lowest BCUT2D eigenvalue weighted by Gasteiger charge is -1.93. The summed E-state index contributed by atoms with van der Waals surface area (Å²) in [6.45, 7) is 0.734. The minimum atomic E-state index is 0.134. The molecule has 0 unspecified atom stereocenters. The number of hydrogen-bond acceptors (Lipinski definition) is 2. The van der Waals surface area contributed by atoms with Crippen LogP contribution >= 0.6 is 12.2 Å². The van der Waals surface area contributed by atoms with Crippen LogP contribution in [0.4, 0.5) is 0 Å². The molecule has 1 saturated heterocycles. The molecule has 0 radical (unpaired) electrons. The van der Waals surface area contributed by atoms with E-state index in [1.807, 2.05) is 0 Å². The highest BCUT2D eigenvalue weighted by molar-refractivity contribution is 7.80. The second-order valence-electron chi connectivity index (χ2n) is 2.14. The van der Waals surface area contributed by atoms with Crippen molar-refractivity contribution in [1.82, 2.24) is 5.32 Å². The molecule has 0 saturated carbocycles. The summed E-state index contributed by atoms with van der Waals surface area (Å²) in [6.07, 6.45) is 2.25. The molecule has 1 fully saturated rings. The number of carbonyl (C=O) groups is 1. The molecule has 1 amide bonds. The van der Waals surface area contributed by atoms with E-state index in [1.54, 1.807) is 0 Å². The molecular formula is C6H9NOS. The topological polar surface area (TPSA) is 29.1 Å². The highest BCUT2D eigenvalue weighted by Crippen LogP contribution is 2.01. The first-order chi connectivity index (χ1) is 4.29. The number of nitrogens with one attached hydrogen (secondary N) is 1. The molecule has 1 aliphatic rings. The van der Waals surface area contributed by atoms with Crippen LogP contribution in [-0.4, -0.2) is 17.3 Å². The Morgan fingerprint density at radius 1 is 1.33 bits per heavy atom. The summed E-state index contributed by atoms with van der Waals surface area (Å²) in [5.41, 5.74) is 0. The van der Waals surface area contributed by atoms with E-state index in [1.165, 1.54) is 0 Å². The molecule has 0 aromatic rings. The maximum atomic E-state index is 10.7. The number of rotatable bonds is 0. The average Bonchev–Trinajstić information content (AvgIpc) is 1.97. The van der Waals surface area contributed by atoms with Gasteiger partial charge in [-0.2, -0.15) is 0 Å². The maximum absolute atomic E-state index is 10.7. The van der Waals surface area contributed by atoms with Crippen molar-refractivity contribution in [1.29, 1.82) is 0 Å². The summed E-state index contributed by atoms with van der Waals surface area (Å²) < 4.78 is 0. The second kappa shape index (κ2) is 2.92. The van der Waals surface area contributed by atoms with Crippen molar-refractivity contribution in [3.05, 3.63) is 0 Å². The molecular weight excluding hydrogens is 134 g/mol. The third-order valence-corrected chi connectivity index (χ3v) is 1.77. The molecule has 0 aromatic carbocycles. The van der Waals surface area contributed by atoms with Crippen molar-refractivity contribution in [3.8, 4) is 0 Å². The molecule has 50 valence electrons. The van der Waals surface area contributed by atoms with Crippen molar-refractivity contribution in [3.63, 3.8) is 0 Å². The van der Waals surface area contributed by atoms with E-state index in [4.69, 9.17) is 12.2 Å². The molecule has 0 aliphatic carbocycles. The first-order valence-electron chi connectivity index (χ1n) is 3.07. The Bertz CT molecular complexity index is 128. The van der Waals surface area contributed by atoms with E-state index >= 15 is 0 Å². The van der Waals surface area contributed by atoms with Crippen LogP contribution in [-0.2, 0) is 4.79 Å². The van der Waals surface area contributed by atoms with Gasteiger partial charge in [0.05, 0.1) is 0 Å². The summed E-state index contributed by atoms with van der Waals surface area (Å²) in [6, 6.07) is 0. The van der Waals surface area contributed by atoms with Crippen LogP contribution in [0.15, 0.2) is 0 Å². The van der Waals surface area contributed by atoms with Crippen LogP contribution in [0.2, 0.25) is 0 Å². The Labute approximate surface area is 59.6 Å². The van der Waals surface area contributed by atoms with Crippen LogP contribution in [0.5, 0.6) is 0 Å². The minimum Gasteiger partial charge on any atom is -0.356 e. The largest absolute Gasteiger partial charge is 0.356 e. The number of amides is 1. The molecule has 3 heteroatoms. The average molecular weight is 143 g/mol. The van der Waals surface area contributed by atoms with Gasteiger partial charge in [-0.05, 0) is 17.7 Å². The Kier molecular flexibility index (Phi) is 2.16. The van der Waals surface area contributed by atoms with Gasteiger partial charge in [-0.15, -0.1) is 0 Å². The normalized spacial score (nSPS) is 20.9. The molecule has 0 aromatic heterocycles. The lowest BCUT2D eigenvalue weighted by Crippen LogP contribution is -2.21. The summed E-state index contributed by atoms with van der Waals surface area (Å²) in [5.74, 6) is 0.134. The van der Waals surface area contributed by atoms with Gasteiger partial charge in [0.2, 0.25) is 5.91 Å². The maximum Gasteiger partial charge on any atom is 0.220 e. The van der Waals surface area contributed by atoms with E-state index in [2.05, 4.69) is 5.32 Å². The van der Waals surface area contributed by atoms with E-state index in [9.17, 15) is 4.79 Å². The van der Waals surface area contributed by atoms with Gasteiger partial charge in [-0.25, -0.2) is 0 Å². The van der Waals surface area contributed by atoms with Crippen LogP contribution in [0.1, 0.15) is 19.3 Å². The van der Waals surface area contributed by atoms with Crippen LogP contribution in [0.25, 0.3) is 0 Å². The molecule has 2 nitrogen and oxygen atoms in total. The smallest absolute Gasteiger partial charge is 0.220 e. The fourth-order valence-corrected chi connectivity index (χ4v) is 1.01. The fourth-order valence-electron chi connectivity index (χ4n) is 0.808. The summed E-state index contributed by atoms with van der Waals surface area (Å²) in [7, 11) is 0. The Morgan fingerprint density at radius 3 is 2.89 bits per heavy atom. The summed E-state index contributed by atoms with van der Waals surface area (Å²) in [5, 5.41) is 2.75. The molecule has 1 heterocycles. The Hall–Kier alpha value is -0.440. The highest BCUT2D eigenvalue weighted by atomic mass is 32.1. The molecule has 1 N–H and O–H groups in total. The van der Waals surface area contributed by atoms with Crippen molar-refractivity contribution in [2.45, 2.75) is 19.3 Å². The summed E-state index contributed by atoms with van der Waals surface area (Å²) in [4.78, 5) is 11.7. The van der Waals surface area contributed by atoms with E-state index in [-0.39, 0.29) is 5.91 Å². The molecule has 1 aliphatic heterocycles. The van der Waals surface area contributed by atoms with E-state index < -0.39 is 0 Å². The van der Waals surface area contributed by atoms with Crippen molar-refractivity contribution in [2.24, 2.45) is 0 Å². The van der Waals surface area contributed by atoms with Gasteiger partial charge in [0.1, 0.15) is 0 Å². The minimum absolute atomic E-state index is 0.134. The zero-order valence-electron chi connectivity index (χ0n) is 5.14. The zero-order valence-corrected chi connectivity index (χ0v) is 5.96. The number of hydrogen-bond donors (Lipinski definition) is 1. The standard InChI is InChI=1S/C6H9NOS/c8-6-2-1-5(9)3-4-7-6/h1-4H2,(H,7,8). The predicted molar refractivity (Wildman–Crippen MR) is 39.5 cm³/mol. The zero-order chi connectivity index (χ0) is 6.69. The third-order valence-electron chi connectivity index (χ3n) is 1.36. The molecule has 0 spiro atoms. The van der Waals surface area contributed by atoms with Crippen molar-refractivity contribution in [2.75, 3.05) is 6.54 Å². The SMILES string of the molecule is O=C1CCC(=S)CCN1. The van der Waals surface area contributed by atoms with Gasteiger partial charge < -0.3 is 5.32 Å². The van der Waals surface area contributed by atoms with Crippen LogP contribution in [0.3, 0.4) is 0 Å². The number of carbonyl (C=O) groups excluding carboxylic acids is 1. The van der Waals surface area contributed by atoms with Crippen LogP contribution < -0.4 is 5.32 Å². The number of thiocarbonyl (C=S) groups is 1. The fraction of sp³-hybridized carbons (Fsp3) is 0.667. The molecule has 1 rings (SSSR count). The predicted octanol–water partition coefficient (Wildman–Crippen LogP) is 0.656. The van der Waals surface area contributed by atoms with Gasteiger partial charge in [0.25, 0.3) is 0 Å². The van der Waals surface area contributed by atoms with Crippen molar-refractivity contribution < 1.29 is 4.79 Å². The van der Waals surface area contributed by atoms with Crippen molar-refractivity contribution >= 4 is 23.0 Å². The van der Waals surface area contributed by atoms with Gasteiger partial charge in [0, 0.05) is 13.0 Å². The molecule has 9 heavy (non-hydrogen) atoms. The van der Waals surface area contributed by atoms with Gasteiger partial charge >= 0.3 is 0 Å². The van der Waals surface area contributed by atoms with E-state index in [0.717, 1.165) is 24.3 Å². The molecule has 0 bridgehead atoms. The van der Waals surface area contributed by atoms with E-state index in [0.29, 0.717) is 6.42 Å². The van der Waals surface area contributed by atoms with Gasteiger partial charge in [-0.1, -0.05) is 12.2 Å². The van der Waals surface area contributed by atoms with Crippen LogP contribution in [0, 0.1) is 0 Å². The first kappa shape index (κ1) is 6.68. The monoisotopic (exact) mass is 143 g/mol. The Balaban J connectivity index is 2.43. The Morgan fingerprint density at radius 2 is 2.11 bits per heavy atom. The van der Waals surface area contributed by atoms with Gasteiger partial charge in [0.15, 0.2) is 0 Å². The molecule has 0 atom stereocenters. The lowest BCUT2D eigenvalue weighted by atomic mass is 10.2. The third kappa shape index (κ3) is 2.10. The quantitative estimate of drug-likeness (QED) is 0.505. The second-order valence-corrected chi connectivity index (χ2v) is 2.72. The lowest BCUT2D eigenvalue weighted by molar-refractivity contribution is -0.120. The first-order valence-corrected chi connectivity index (χ1v) is 3.48. The highest BCUT2D eigenvalue weighted by Gasteiger charge is 2.07.